The largest absolute Gasteiger partial charge is 0.494 e. The highest BCUT2D eigenvalue weighted by Gasteiger charge is 2.12. The van der Waals surface area contributed by atoms with E-state index < -0.39 is 5.24 Å². The molecule has 0 aliphatic carbocycles. The van der Waals surface area contributed by atoms with Gasteiger partial charge in [0, 0.05) is 17.1 Å². The van der Waals surface area contributed by atoms with Crippen molar-refractivity contribution in [3.05, 3.63) is 35.5 Å². The minimum Gasteiger partial charge on any atom is -0.494 e. The third-order valence-corrected chi connectivity index (χ3v) is 2.91. The van der Waals surface area contributed by atoms with Crippen LogP contribution >= 0.6 is 11.6 Å². The number of nitrogens with zero attached hydrogens (tertiary/aromatic N) is 1. The first kappa shape index (κ1) is 11.9. The van der Waals surface area contributed by atoms with Crippen LogP contribution in [0.3, 0.4) is 0 Å². The van der Waals surface area contributed by atoms with Crippen molar-refractivity contribution in [3.8, 4) is 5.75 Å². The zero-order chi connectivity index (χ0) is 12.4. The molecule has 4 heteroatoms. The number of halogens is 1. The van der Waals surface area contributed by atoms with Crippen molar-refractivity contribution in [2.45, 2.75) is 13.3 Å². The fourth-order valence-electron chi connectivity index (χ4n) is 1.77. The predicted molar refractivity (Wildman–Crippen MR) is 67.9 cm³/mol. The number of benzene rings is 1. The Morgan fingerprint density at radius 3 is 2.82 bits per heavy atom. The zero-order valence-electron chi connectivity index (χ0n) is 9.66. The maximum atomic E-state index is 11.4. The monoisotopic (exact) mass is 249 g/mol. The molecular formula is C13H12ClNO2. The lowest BCUT2D eigenvalue weighted by atomic mass is 10.1. The van der Waals surface area contributed by atoms with E-state index >= 15 is 0 Å². The Morgan fingerprint density at radius 2 is 2.24 bits per heavy atom. The number of methoxy groups -OCH3 is 1. The van der Waals surface area contributed by atoms with E-state index in [1.807, 2.05) is 13.0 Å². The van der Waals surface area contributed by atoms with Gasteiger partial charge in [0.1, 0.15) is 11.3 Å². The van der Waals surface area contributed by atoms with Crippen LogP contribution in [0.2, 0.25) is 0 Å². The number of fused-ring (bicyclic) bond motifs is 1. The van der Waals surface area contributed by atoms with Crippen LogP contribution < -0.4 is 4.74 Å². The number of aromatic nitrogens is 1. The molecule has 0 radical (unpaired) electrons. The standard InChI is InChI=1S/C13H12ClNO2/c1-3-8-6-10-9(13(14)16)4-5-11(17-2)12(10)15-7-8/h4-7H,3H2,1-2H3. The molecule has 1 heterocycles. The van der Waals surface area contributed by atoms with E-state index in [-0.39, 0.29) is 0 Å². The summed E-state index contributed by atoms with van der Waals surface area (Å²) >= 11 is 5.57. The van der Waals surface area contributed by atoms with Crippen molar-refractivity contribution in [1.29, 1.82) is 0 Å². The van der Waals surface area contributed by atoms with Crippen molar-refractivity contribution in [3.63, 3.8) is 0 Å². The highest BCUT2D eigenvalue weighted by atomic mass is 35.5. The number of aryl methyl sites for hydroxylation is 1. The summed E-state index contributed by atoms with van der Waals surface area (Å²) in [4.78, 5) is 15.7. The molecule has 1 aromatic carbocycles. The van der Waals surface area contributed by atoms with Crippen molar-refractivity contribution in [1.82, 2.24) is 4.98 Å². The predicted octanol–water partition coefficient (Wildman–Crippen LogP) is 3.18. The Bertz CT molecular complexity index is 581. The summed E-state index contributed by atoms with van der Waals surface area (Å²) in [5, 5.41) is 0.261. The molecule has 0 N–H and O–H groups in total. The number of pyridine rings is 1. The second-order valence-corrected chi connectivity index (χ2v) is 4.03. The van der Waals surface area contributed by atoms with Crippen LogP contribution in [0.1, 0.15) is 22.8 Å². The van der Waals surface area contributed by atoms with Crippen LogP contribution in [0.5, 0.6) is 5.75 Å². The average molecular weight is 250 g/mol. The lowest BCUT2D eigenvalue weighted by Gasteiger charge is -2.08. The number of hydrogen-bond donors (Lipinski definition) is 0. The van der Waals surface area contributed by atoms with Gasteiger partial charge in [0.15, 0.2) is 0 Å². The molecule has 2 aromatic rings. The van der Waals surface area contributed by atoms with E-state index in [1.165, 1.54) is 0 Å². The highest BCUT2D eigenvalue weighted by molar-refractivity contribution is 6.68. The number of ether oxygens (including phenoxy) is 1. The Kier molecular flexibility index (Phi) is 3.29. The zero-order valence-corrected chi connectivity index (χ0v) is 10.4. The molecule has 0 aliphatic rings. The van der Waals surface area contributed by atoms with Gasteiger partial charge in [0.2, 0.25) is 0 Å². The van der Waals surface area contributed by atoms with E-state index in [0.29, 0.717) is 16.8 Å². The fourth-order valence-corrected chi connectivity index (χ4v) is 1.93. The Hall–Kier alpha value is -1.61. The van der Waals surface area contributed by atoms with Crippen molar-refractivity contribution < 1.29 is 9.53 Å². The van der Waals surface area contributed by atoms with Gasteiger partial charge in [-0.15, -0.1) is 0 Å². The number of carbonyl (C=O) groups is 1. The van der Waals surface area contributed by atoms with Crippen LogP contribution in [-0.2, 0) is 6.42 Å². The summed E-state index contributed by atoms with van der Waals surface area (Å²) in [6.07, 6.45) is 2.64. The smallest absolute Gasteiger partial charge is 0.253 e. The normalized spacial score (nSPS) is 10.5. The minimum atomic E-state index is -0.479. The summed E-state index contributed by atoms with van der Waals surface area (Å²) in [5.41, 5.74) is 2.19. The second kappa shape index (κ2) is 4.72. The molecule has 0 aliphatic heterocycles. The molecule has 0 fully saturated rings. The van der Waals surface area contributed by atoms with Gasteiger partial charge >= 0.3 is 0 Å². The van der Waals surface area contributed by atoms with Gasteiger partial charge in [-0.2, -0.15) is 0 Å². The van der Waals surface area contributed by atoms with Crippen molar-refractivity contribution in [2.24, 2.45) is 0 Å². The molecule has 0 saturated carbocycles. The molecule has 0 unspecified atom stereocenters. The number of carbonyl (C=O) groups excluding carboxylic acids is 1. The van der Waals surface area contributed by atoms with Gasteiger partial charge in [-0.1, -0.05) is 6.92 Å². The van der Waals surface area contributed by atoms with Crippen LogP contribution in [-0.4, -0.2) is 17.3 Å². The summed E-state index contributed by atoms with van der Waals surface area (Å²) < 4.78 is 5.22. The van der Waals surface area contributed by atoms with Gasteiger partial charge < -0.3 is 4.74 Å². The second-order valence-electron chi connectivity index (χ2n) is 3.68. The van der Waals surface area contributed by atoms with Crippen LogP contribution in [0.25, 0.3) is 10.9 Å². The van der Waals surface area contributed by atoms with Crippen LogP contribution in [0.4, 0.5) is 0 Å². The summed E-state index contributed by atoms with van der Waals surface area (Å²) in [6, 6.07) is 5.30. The fraction of sp³-hybridized carbons (Fsp3) is 0.231. The Labute approximate surface area is 104 Å². The Balaban J connectivity index is 2.80. The number of hydrogen-bond acceptors (Lipinski definition) is 3. The quantitative estimate of drug-likeness (QED) is 0.785. The van der Waals surface area contributed by atoms with Gasteiger partial charge in [0.05, 0.1) is 7.11 Å². The van der Waals surface area contributed by atoms with Crippen LogP contribution in [0, 0.1) is 0 Å². The first-order valence-electron chi connectivity index (χ1n) is 5.32. The molecule has 0 bridgehead atoms. The van der Waals surface area contributed by atoms with Gasteiger partial charge in [-0.05, 0) is 41.8 Å². The number of rotatable bonds is 3. The maximum Gasteiger partial charge on any atom is 0.253 e. The lowest BCUT2D eigenvalue weighted by molar-refractivity contribution is 0.108. The first-order valence-corrected chi connectivity index (χ1v) is 5.70. The summed E-state index contributed by atoms with van der Waals surface area (Å²) in [7, 11) is 1.58. The van der Waals surface area contributed by atoms with Gasteiger partial charge in [-0.25, -0.2) is 0 Å². The van der Waals surface area contributed by atoms with Gasteiger partial charge in [0.25, 0.3) is 5.24 Å². The van der Waals surface area contributed by atoms with Crippen molar-refractivity contribution in [2.75, 3.05) is 7.11 Å². The SMILES string of the molecule is CCc1cnc2c(OC)ccc(C(=O)Cl)c2c1. The van der Waals surface area contributed by atoms with E-state index in [4.69, 9.17) is 16.3 Å². The third kappa shape index (κ3) is 2.11. The molecule has 0 atom stereocenters. The molecule has 2 rings (SSSR count). The van der Waals surface area contributed by atoms with E-state index in [1.54, 1.807) is 25.4 Å². The Morgan fingerprint density at radius 1 is 1.47 bits per heavy atom. The molecule has 88 valence electrons. The molecule has 1 aromatic heterocycles. The average Bonchev–Trinajstić information content (AvgIpc) is 2.36. The third-order valence-electron chi connectivity index (χ3n) is 2.71. The molecular weight excluding hydrogens is 238 g/mol. The van der Waals surface area contributed by atoms with E-state index in [9.17, 15) is 4.79 Å². The highest BCUT2D eigenvalue weighted by Crippen LogP contribution is 2.28. The minimum absolute atomic E-state index is 0.463. The summed E-state index contributed by atoms with van der Waals surface area (Å²) in [6.45, 7) is 2.03. The topological polar surface area (TPSA) is 39.2 Å². The van der Waals surface area contributed by atoms with E-state index in [2.05, 4.69) is 4.98 Å². The molecule has 0 spiro atoms. The summed E-state index contributed by atoms with van der Waals surface area (Å²) in [5.74, 6) is 0.643. The molecule has 0 saturated heterocycles. The maximum absolute atomic E-state index is 11.4. The van der Waals surface area contributed by atoms with Crippen LogP contribution in [0.15, 0.2) is 24.4 Å². The molecule has 3 nitrogen and oxygen atoms in total. The first-order chi connectivity index (χ1) is 8.17. The van der Waals surface area contributed by atoms with Crippen molar-refractivity contribution >= 4 is 27.7 Å². The van der Waals surface area contributed by atoms with Gasteiger partial charge in [-0.3, -0.25) is 9.78 Å². The molecule has 0 amide bonds. The lowest BCUT2D eigenvalue weighted by Crippen LogP contribution is -1.96. The van der Waals surface area contributed by atoms with E-state index in [0.717, 1.165) is 17.4 Å². The molecule has 17 heavy (non-hydrogen) atoms.